The molecule has 0 radical (unpaired) electrons. The van der Waals surface area contributed by atoms with E-state index in [2.05, 4.69) is 10.3 Å². The fraction of sp³-hybridized carbons (Fsp3) is 0.455. The number of hydrogen-bond acceptors (Lipinski definition) is 5. The Kier molecular flexibility index (Phi) is 3.96. The van der Waals surface area contributed by atoms with Gasteiger partial charge in [-0.1, -0.05) is 11.6 Å². The zero-order valence-corrected chi connectivity index (χ0v) is 11.1. The molecule has 1 aliphatic rings. The summed E-state index contributed by atoms with van der Waals surface area (Å²) in [5, 5.41) is 13.9. The van der Waals surface area contributed by atoms with E-state index < -0.39 is 4.92 Å². The Balaban J connectivity index is 2.32. The number of piperazine rings is 1. The molecule has 0 unspecified atom stereocenters. The van der Waals surface area contributed by atoms with Crippen LogP contribution < -0.4 is 5.32 Å². The van der Waals surface area contributed by atoms with Crippen molar-refractivity contribution in [2.45, 2.75) is 13.0 Å². The third-order valence-electron chi connectivity index (χ3n) is 3.03. The normalized spacial score (nSPS) is 19.3. The molecule has 7 nitrogen and oxygen atoms in total. The minimum atomic E-state index is -0.596. The molecule has 1 aromatic heterocycles. The molecular formula is C11H13ClN4O3. The van der Waals surface area contributed by atoms with Crippen molar-refractivity contribution in [1.29, 1.82) is 0 Å². The van der Waals surface area contributed by atoms with Crippen molar-refractivity contribution < 1.29 is 9.72 Å². The Labute approximate surface area is 114 Å². The second-order valence-corrected chi connectivity index (χ2v) is 4.70. The molecule has 8 heteroatoms. The molecule has 1 amide bonds. The van der Waals surface area contributed by atoms with E-state index in [-0.39, 0.29) is 28.4 Å². The van der Waals surface area contributed by atoms with Gasteiger partial charge in [0.2, 0.25) is 0 Å². The predicted molar refractivity (Wildman–Crippen MR) is 69.3 cm³/mol. The molecule has 1 fully saturated rings. The van der Waals surface area contributed by atoms with Crippen molar-refractivity contribution in [1.82, 2.24) is 15.2 Å². The van der Waals surface area contributed by atoms with Crippen LogP contribution in [0.15, 0.2) is 12.3 Å². The van der Waals surface area contributed by atoms with Crippen LogP contribution in [0.3, 0.4) is 0 Å². The van der Waals surface area contributed by atoms with Crippen molar-refractivity contribution in [3.05, 3.63) is 33.1 Å². The van der Waals surface area contributed by atoms with Crippen LogP contribution in [0, 0.1) is 10.1 Å². The van der Waals surface area contributed by atoms with Crippen molar-refractivity contribution in [2.75, 3.05) is 19.6 Å². The first-order chi connectivity index (χ1) is 9.00. The minimum absolute atomic E-state index is 0.0107. The number of nitro groups is 1. The molecular weight excluding hydrogens is 272 g/mol. The number of halogens is 1. The molecule has 1 aromatic rings. The SMILES string of the molecule is C[C@H]1CNCCN1C(=O)c1cc([N+](=O)[O-])cnc1Cl. The molecule has 0 aliphatic carbocycles. The molecule has 0 aromatic carbocycles. The van der Waals surface area contributed by atoms with Gasteiger partial charge in [-0.15, -0.1) is 0 Å². The van der Waals surface area contributed by atoms with Crippen molar-refractivity contribution >= 4 is 23.2 Å². The van der Waals surface area contributed by atoms with Crippen LogP contribution in [0.4, 0.5) is 5.69 Å². The summed E-state index contributed by atoms with van der Waals surface area (Å²) >= 11 is 5.87. The smallest absolute Gasteiger partial charge is 0.288 e. The number of rotatable bonds is 2. The fourth-order valence-electron chi connectivity index (χ4n) is 1.98. The maximum Gasteiger partial charge on any atom is 0.288 e. The predicted octanol–water partition coefficient (Wildman–Crippen LogP) is 1.08. The van der Waals surface area contributed by atoms with Crippen molar-refractivity contribution in [3.63, 3.8) is 0 Å². The van der Waals surface area contributed by atoms with Crippen LogP contribution in [0.5, 0.6) is 0 Å². The van der Waals surface area contributed by atoms with E-state index in [4.69, 9.17) is 11.6 Å². The highest BCUT2D eigenvalue weighted by Gasteiger charge is 2.27. The topological polar surface area (TPSA) is 88.4 Å². The Morgan fingerprint density at radius 3 is 3.05 bits per heavy atom. The van der Waals surface area contributed by atoms with E-state index in [1.807, 2.05) is 6.92 Å². The van der Waals surface area contributed by atoms with Crippen molar-refractivity contribution in [3.8, 4) is 0 Å². The Hall–Kier alpha value is -1.73. The molecule has 1 N–H and O–H groups in total. The number of nitrogens with zero attached hydrogens (tertiary/aromatic N) is 3. The van der Waals surface area contributed by atoms with E-state index in [9.17, 15) is 14.9 Å². The third-order valence-corrected chi connectivity index (χ3v) is 3.33. The summed E-state index contributed by atoms with van der Waals surface area (Å²) in [5.41, 5.74) is -0.167. The maximum absolute atomic E-state index is 12.4. The summed E-state index contributed by atoms with van der Waals surface area (Å²) in [6, 6.07) is 1.18. The summed E-state index contributed by atoms with van der Waals surface area (Å²) in [6.45, 7) is 3.82. The number of pyridine rings is 1. The van der Waals surface area contributed by atoms with E-state index in [1.165, 1.54) is 6.07 Å². The van der Waals surface area contributed by atoms with Gasteiger partial charge in [0.25, 0.3) is 11.6 Å². The van der Waals surface area contributed by atoms with Crippen LogP contribution >= 0.6 is 11.6 Å². The summed E-state index contributed by atoms with van der Waals surface area (Å²) in [6.07, 6.45) is 1.04. The number of amides is 1. The van der Waals surface area contributed by atoms with Gasteiger partial charge in [0.05, 0.1) is 10.5 Å². The van der Waals surface area contributed by atoms with Gasteiger partial charge in [-0.25, -0.2) is 4.98 Å². The lowest BCUT2D eigenvalue weighted by molar-refractivity contribution is -0.385. The lowest BCUT2D eigenvalue weighted by Gasteiger charge is -2.34. The van der Waals surface area contributed by atoms with Crippen LogP contribution in [0.2, 0.25) is 5.15 Å². The van der Waals surface area contributed by atoms with Gasteiger partial charge in [0, 0.05) is 31.7 Å². The van der Waals surface area contributed by atoms with Gasteiger partial charge in [-0.2, -0.15) is 0 Å². The molecule has 0 spiro atoms. The molecule has 19 heavy (non-hydrogen) atoms. The van der Waals surface area contributed by atoms with Crippen LogP contribution in [0.25, 0.3) is 0 Å². The Morgan fingerprint density at radius 1 is 1.68 bits per heavy atom. The van der Waals surface area contributed by atoms with E-state index in [0.717, 1.165) is 6.20 Å². The van der Waals surface area contributed by atoms with Crippen molar-refractivity contribution in [2.24, 2.45) is 0 Å². The minimum Gasteiger partial charge on any atom is -0.333 e. The van der Waals surface area contributed by atoms with Crippen LogP contribution in [-0.4, -0.2) is 46.4 Å². The lowest BCUT2D eigenvalue weighted by Crippen LogP contribution is -2.52. The highest BCUT2D eigenvalue weighted by molar-refractivity contribution is 6.32. The third kappa shape index (κ3) is 2.82. The van der Waals surface area contributed by atoms with Crippen LogP contribution in [-0.2, 0) is 0 Å². The summed E-state index contributed by atoms with van der Waals surface area (Å²) in [5.74, 6) is -0.324. The van der Waals surface area contributed by atoms with E-state index in [0.29, 0.717) is 19.6 Å². The first kappa shape index (κ1) is 13.7. The largest absolute Gasteiger partial charge is 0.333 e. The van der Waals surface area contributed by atoms with Gasteiger partial charge in [0.15, 0.2) is 0 Å². The molecule has 0 bridgehead atoms. The van der Waals surface area contributed by atoms with E-state index >= 15 is 0 Å². The number of aromatic nitrogens is 1. The number of hydrogen-bond donors (Lipinski definition) is 1. The first-order valence-electron chi connectivity index (χ1n) is 5.82. The van der Waals surface area contributed by atoms with Gasteiger partial charge in [-0.3, -0.25) is 14.9 Å². The molecule has 1 aliphatic heterocycles. The lowest BCUT2D eigenvalue weighted by atomic mass is 10.1. The van der Waals surface area contributed by atoms with Crippen LogP contribution in [0.1, 0.15) is 17.3 Å². The molecule has 2 heterocycles. The highest BCUT2D eigenvalue weighted by Crippen LogP contribution is 2.21. The number of carbonyl (C=O) groups excluding carboxylic acids is 1. The standard InChI is InChI=1S/C11H13ClN4O3/c1-7-5-13-2-3-15(7)11(17)9-4-8(16(18)19)6-14-10(9)12/h4,6-7,13H,2-3,5H2,1H3/t7-/m0/s1. The Bertz CT molecular complexity index is 523. The van der Waals surface area contributed by atoms with Gasteiger partial charge >= 0.3 is 0 Å². The highest BCUT2D eigenvalue weighted by atomic mass is 35.5. The van der Waals surface area contributed by atoms with Gasteiger partial charge in [0.1, 0.15) is 11.3 Å². The number of carbonyl (C=O) groups is 1. The second-order valence-electron chi connectivity index (χ2n) is 4.34. The number of nitrogens with one attached hydrogen (secondary N) is 1. The quantitative estimate of drug-likeness (QED) is 0.499. The monoisotopic (exact) mass is 284 g/mol. The molecule has 1 saturated heterocycles. The average Bonchev–Trinajstić information content (AvgIpc) is 2.38. The summed E-state index contributed by atoms with van der Waals surface area (Å²) in [4.78, 5) is 27.8. The molecule has 0 saturated carbocycles. The van der Waals surface area contributed by atoms with Gasteiger partial charge in [-0.05, 0) is 6.92 Å². The molecule has 102 valence electrons. The summed E-state index contributed by atoms with van der Waals surface area (Å²) < 4.78 is 0. The average molecular weight is 285 g/mol. The second kappa shape index (κ2) is 5.50. The summed E-state index contributed by atoms with van der Waals surface area (Å²) in [7, 11) is 0. The Morgan fingerprint density at radius 2 is 2.42 bits per heavy atom. The van der Waals surface area contributed by atoms with E-state index in [1.54, 1.807) is 4.90 Å². The fourth-order valence-corrected chi connectivity index (χ4v) is 2.17. The first-order valence-corrected chi connectivity index (χ1v) is 6.20. The zero-order valence-electron chi connectivity index (χ0n) is 10.3. The molecule has 2 rings (SSSR count). The zero-order chi connectivity index (χ0) is 14.0. The maximum atomic E-state index is 12.4. The van der Waals surface area contributed by atoms with Gasteiger partial charge < -0.3 is 10.2 Å². The molecule has 1 atom stereocenters.